The Balaban J connectivity index is 2.21. The van der Waals surface area contributed by atoms with E-state index in [0.717, 1.165) is 13.0 Å². The van der Waals surface area contributed by atoms with Crippen LogP contribution in [-0.2, 0) is 0 Å². The van der Waals surface area contributed by atoms with Crippen molar-refractivity contribution in [3.8, 4) is 11.9 Å². The molecule has 1 N–H and O–H groups in total. The molecule has 0 unspecified atom stereocenters. The number of rotatable bonds is 7. The Kier molecular flexibility index (Phi) is 5.56. The third kappa shape index (κ3) is 4.93. The van der Waals surface area contributed by atoms with Crippen molar-refractivity contribution in [3.05, 3.63) is 12.3 Å². The van der Waals surface area contributed by atoms with Crippen LogP contribution >= 0.6 is 0 Å². The SMILES string of the molecule is COc1ccnc(OCCCNC(C)C)n1. The van der Waals surface area contributed by atoms with E-state index < -0.39 is 0 Å². The van der Waals surface area contributed by atoms with E-state index in [4.69, 9.17) is 9.47 Å². The summed E-state index contributed by atoms with van der Waals surface area (Å²) in [6, 6.07) is 2.56. The summed E-state index contributed by atoms with van der Waals surface area (Å²) in [4.78, 5) is 8.03. The van der Waals surface area contributed by atoms with Crippen molar-refractivity contribution in [1.29, 1.82) is 0 Å². The number of nitrogens with zero attached hydrogens (tertiary/aromatic N) is 2. The average Bonchev–Trinajstić information content (AvgIpc) is 2.28. The molecular formula is C11H19N3O2. The lowest BCUT2D eigenvalue weighted by atomic mass is 10.3. The average molecular weight is 225 g/mol. The Morgan fingerprint density at radius 3 is 2.94 bits per heavy atom. The van der Waals surface area contributed by atoms with Crippen LogP contribution in [0.3, 0.4) is 0 Å². The minimum atomic E-state index is 0.365. The van der Waals surface area contributed by atoms with Crippen molar-refractivity contribution in [3.63, 3.8) is 0 Å². The lowest BCUT2D eigenvalue weighted by molar-refractivity contribution is 0.276. The van der Waals surface area contributed by atoms with Gasteiger partial charge in [0, 0.05) is 18.3 Å². The van der Waals surface area contributed by atoms with Gasteiger partial charge in [-0.2, -0.15) is 4.98 Å². The van der Waals surface area contributed by atoms with Crippen LogP contribution in [-0.4, -0.2) is 36.3 Å². The minimum absolute atomic E-state index is 0.365. The van der Waals surface area contributed by atoms with Gasteiger partial charge in [0.2, 0.25) is 5.88 Å². The summed E-state index contributed by atoms with van der Waals surface area (Å²) in [5.41, 5.74) is 0. The third-order valence-electron chi connectivity index (χ3n) is 1.92. The summed E-state index contributed by atoms with van der Waals surface area (Å²) in [5, 5.41) is 3.31. The van der Waals surface area contributed by atoms with Gasteiger partial charge in [0.15, 0.2) is 0 Å². The fourth-order valence-electron chi connectivity index (χ4n) is 1.13. The maximum Gasteiger partial charge on any atom is 0.319 e. The normalized spacial score (nSPS) is 10.5. The molecular weight excluding hydrogens is 206 g/mol. The van der Waals surface area contributed by atoms with Crippen LogP contribution in [0.4, 0.5) is 0 Å². The molecule has 0 bridgehead atoms. The van der Waals surface area contributed by atoms with Crippen molar-refractivity contribution < 1.29 is 9.47 Å². The molecule has 0 saturated carbocycles. The maximum absolute atomic E-state index is 5.39. The molecule has 0 spiro atoms. The first-order valence-electron chi connectivity index (χ1n) is 5.45. The van der Waals surface area contributed by atoms with Crippen LogP contribution in [0.15, 0.2) is 12.3 Å². The van der Waals surface area contributed by atoms with Gasteiger partial charge >= 0.3 is 6.01 Å². The lowest BCUT2D eigenvalue weighted by Gasteiger charge is -2.08. The van der Waals surface area contributed by atoms with Crippen LogP contribution in [0.2, 0.25) is 0 Å². The predicted octanol–water partition coefficient (Wildman–Crippen LogP) is 1.25. The maximum atomic E-state index is 5.39. The summed E-state index contributed by atoms with van der Waals surface area (Å²) in [6.45, 7) is 5.77. The van der Waals surface area contributed by atoms with Gasteiger partial charge in [-0.05, 0) is 13.0 Å². The first-order valence-corrected chi connectivity index (χ1v) is 5.45. The highest BCUT2D eigenvalue weighted by Crippen LogP contribution is 2.08. The van der Waals surface area contributed by atoms with Gasteiger partial charge in [0.25, 0.3) is 0 Å². The van der Waals surface area contributed by atoms with Gasteiger partial charge in [-0.25, -0.2) is 4.98 Å². The molecule has 0 atom stereocenters. The first kappa shape index (κ1) is 12.7. The molecule has 90 valence electrons. The third-order valence-corrected chi connectivity index (χ3v) is 1.92. The molecule has 1 heterocycles. The molecule has 1 aromatic rings. The zero-order chi connectivity index (χ0) is 11.8. The van der Waals surface area contributed by atoms with Crippen molar-refractivity contribution in [2.45, 2.75) is 26.3 Å². The lowest BCUT2D eigenvalue weighted by Crippen LogP contribution is -2.24. The summed E-state index contributed by atoms with van der Waals surface area (Å²) in [5.74, 6) is 0.519. The Bertz CT molecular complexity index is 305. The second-order valence-electron chi connectivity index (χ2n) is 3.69. The van der Waals surface area contributed by atoms with Gasteiger partial charge in [0.05, 0.1) is 13.7 Å². The van der Waals surface area contributed by atoms with E-state index in [2.05, 4.69) is 29.1 Å². The molecule has 5 nitrogen and oxygen atoms in total. The predicted molar refractivity (Wildman–Crippen MR) is 61.8 cm³/mol. The van der Waals surface area contributed by atoms with Gasteiger partial charge in [-0.1, -0.05) is 13.8 Å². The number of methoxy groups -OCH3 is 1. The number of hydrogen-bond donors (Lipinski definition) is 1. The smallest absolute Gasteiger partial charge is 0.319 e. The van der Waals surface area contributed by atoms with Gasteiger partial charge in [-0.15, -0.1) is 0 Å². The first-order chi connectivity index (χ1) is 7.72. The zero-order valence-electron chi connectivity index (χ0n) is 10.1. The molecule has 0 fully saturated rings. The van der Waals surface area contributed by atoms with E-state index in [1.165, 1.54) is 0 Å². The van der Waals surface area contributed by atoms with E-state index in [0.29, 0.717) is 24.5 Å². The molecule has 0 aromatic carbocycles. The Morgan fingerprint density at radius 2 is 2.25 bits per heavy atom. The molecule has 0 aliphatic rings. The quantitative estimate of drug-likeness (QED) is 0.708. The van der Waals surface area contributed by atoms with Crippen molar-refractivity contribution >= 4 is 0 Å². The van der Waals surface area contributed by atoms with Gasteiger partial charge < -0.3 is 14.8 Å². The monoisotopic (exact) mass is 225 g/mol. The van der Waals surface area contributed by atoms with Crippen LogP contribution < -0.4 is 14.8 Å². The van der Waals surface area contributed by atoms with Crippen LogP contribution in [0.1, 0.15) is 20.3 Å². The molecule has 0 aliphatic heterocycles. The highest BCUT2D eigenvalue weighted by molar-refractivity contribution is 5.10. The van der Waals surface area contributed by atoms with Crippen molar-refractivity contribution in [2.24, 2.45) is 0 Å². The number of aromatic nitrogens is 2. The standard InChI is InChI=1S/C11H19N3O2/c1-9(2)12-6-4-8-16-11-13-7-5-10(14-11)15-3/h5,7,9,12H,4,6,8H2,1-3H3. The fraction of sp³-hybridized carbons (Fsp3) is 0.636. The zero-order valence-corrected chi connectivity index (χ0v) is 10.1. The van der Waals surface area contributed by atoms with E-state index >= 15 is 0 Å². The van der Waals surface area contributed by atoms with Gasteiger partial charge in [0.1, 0.15) is 0 Å². The molecule has 5 heteroatoms. The van der Waals surface area contributed by atoms with Crippen LogP contribution in [0.5, 0.6) is 11.9 Å². The van der Waals surface area contributed by atoms with E-state index in [1.54, 1.807) is 19.4 Å². The summed E-state index contributed by atoms with van der Waals surface area (Å²) >= 11 is 0. The molecule has 0 amide bonds. The minimum Gasteiger partial charge on any atom is -0.481 e. The fourth-order valence-corrected chi connectivity index (χ4v) is 1.13. The highest BCUT2D eigenvalue weighted by Gasteiger charge is 1.99. The van der Waals surface area contributed by atoms with E-state index in [1.807, 2.05) is 0 Å². The molecule has 16 heavy (non-hydrogen) atoms. The Labute approximate surface area is 96.2 Å². The van der Waals surface area contributed by atoms with Gasteiger partial charge in [-0.3, -0.25) is 0 Å². The summed E-state index contributed by atoms with van der Waals surface area (Å²) in [7, 11) is 1.57. The second kappa shape index (κ2) is 7.00. The molecule has 0 aliphatic carbocycles. The van der Waals surface area contributed by atoms with Crippen LogP contribution in [0, 0.1) is 0 Å². The largest absolute Gasteiger partial charge is 0.481 e. The second-order valence-corrected chi connectivity index (χ2v) is 3.69. The highest BCUT2D eigenvalue weighted by atomic mass is 16.5. The van der Waals surface area contributed by atoms with Crippen molar-refractivity contribution in [1.82, 2.24) is 15.3 Å². The van der Waals surface area contributed by atoms with Crippen LogP contribution in [0.25, 0.3) is 0 Å². The number of nitrogens with one attached hydrogen (secondary N) is 1. The number of hydrogen-bond acceptors (Lipinski definition) is 5. The van der Waals surface area contributed by atoms with E-state index in [-0.39, 0.29) is 0 Å². The summed E-state index contributed by atoms with van der Waals surface area (Å²) < 4.78 is 10.4. The topological polar surface area (TPSA) is 56.3 Å². The molecule has 0 saturated heterocycles. The van der Waals surface area contributed by atoms with E-state index in [9.17, 15) is 0 Å². The molecule has 1 aromatic heterocycles. The van der Waals surface area contributed by atoms with Crippen molar-refractivity contribution in [2.75, 3.05) is 20.3 Å². The molecule has 1 rings (SSSR count). The number of ether oxygens (including phenoxy) is 2. The summed E-state index contributed by atoms with van der Waals surface area (Å²) in [6.07, 6.45) is 2.55. The molecule has 0 radical (unpaired) electrons. The Morgan fingerprint density at radius 1 is 1.44 bits per heavy atom. The Hall–Kier alpha value is -1.36.